The number of nitrogens with one attached hydrogen (secondary N) is 1. The molecule has 0 spiro atoms. The van der Waals surface area contributed by atoms with Gasteiger partial charge in [-0.2, -0.15) is 0 Å². The second kappa shape index (κ2) is 3.51. The Bertz CT molecular complexity index is 369. The van der Waals surface area contributed by atoms with Gasteiger partial charge in [-0.25, -0.2) is 4.39 Å². The van der Waals surface area contributed by atoms with Gasteiger partial charge in [-0.1, -0.05) is 19.1 Å². The van der Waals surface area contributed by atoms with Gasteiger partial charge in [0.1, 0.15) is 5.82 Å². The molecule has 1 atom stereocenters. The molecule has 1 fully saturated rings. The largest absolute Gasteiger partial charge is 0.380 e. The molecule has 0 aromatic heterocycles. The maximum atomic E-state index is 13.7. The minimum absolute atomic E-state index is 0.117. The molecule has 0 radical (unpaired) electrons. The summed E-state index contributed by atoms with van der Waals surface area (Å²) < 4.78 is 13.7. The summed E-state index contributed by atoms with van der Waals surface area (Å²) in [5, 5.41) is 3.28. The molecular formula is C13H18FN. The van der Waals surface area contributed by atoms with Crippen LogP contribution in [0.15, 0.2) is 18.2 Å². The Labute approximate surface area is 90.7 Å². The van der Waals surface area contributed by atoms with E-state index in [0.29, 0.717) is 22.7 Å². The van der Waals surface area contributed by atoms with E-state index in [2.05, 4.69) is 19.2 Å². The first-order valence-corrected chi connectivity index (χ1v) is 5.54. The van der Waals surface area contributed by atoms with Crippen molar-refractivity contribution in [1.29, 1.82) is 0 Å². The van der Waals surface area contributed by atoms with Crippen LogP contribution in [0, 0.1) is 18.2 Å². The van der Waals surface area contributed by atoms with Gasteiger partial charge >= 0.3 is 0 Å². The van der Waals surface area contributed by atoms with E-state index >= 15 is 0 Å². The van der Waals surface area contributed by atoms with Crippen molar-refractivity contribution in [2.45, 2.75) is 39.7 Å². The molecule has 0 heterocycles. The van der Waals surface area contributed by atoms with Crippen LogP contribution in [0.25, 0.3) is 0 Å². The average Bonchev–Trinajstić information content (AvgIpc) is 2.93. The van der Waals surface area contributed by atoms with Gasteiger partial charge in [0.25, 0.3) is 0 Å². The Morgan fingerprint density at radius 1 is 1.40 bits per heavy atom. The third-order valence-corrected chi connectivity index (χ3v) is 3.65. The first-order valence-electron chi connectivity index (χ1n) is 5.54. The fourth-order valence-corrected chi connectivity index (χ4v) is 1.80. The third-order valence-electron chi connectivity index (χ3n) is 3.65. The quantitative estimate of drug-likeness (QED) is 0.796. The minimum Gasteiger partial charge on any atom is -0.380 e. The zero-order valence-electron chi connectivity index (χ0n) is 9.60. The highest BCUT2D eigenvalue weighted by Crippen LogP contribution is 2.48. The van der Waals surface area contributed by atoms with Gasteiger partial charge in [-0.05, 0) is 43.7 Å². The van der Waals surface area contributed by atoms with E-state index in [9.17, 15) is 4.39 Å². The molecule has 1 unspecified atom stereocenters. The summed E-state index contributed by atoms with van der Waals surface area (Å²) in [6.45, 7) is 6.18. The van der Waals surface area contributed by atoms with E-state index < -0.39 is 0 Å². The van der Waals surface area contributed by atoms with Crippen LogP contribution < -0.4 is 5.32 Å². The van der Waals surface area contributed by atoms with Gasteiger partial charge in [-0.15, -0.1) is 0 Å². The maximum absolute atomic E-state index is 13.7. The van der Waals surface area contributed by atoms with E-state index in [1.54, 1.807) is 13.0 Å². The molecule has 1 aromatic carbocycles. The monoisotopic (exact) mass is 207 g/mol. The molecule has 1 aliphatic carbocycles. The van der Waals surface area contributed by atoms with Crippen LogP contribution >= 0.6 is 0 Å². The molecule has 1 aliphatic rings. The highest BCUT2D eigenvalue weighted by Gasteiger charge is 2.42. The molecule has 1 nitrogen and oxygen atoms in total. The fraction of sp³-hybridized carbons (Fsp3) is 0.538. The van der Waals surface area contributed by atoms with Gasteiger partial charge in [0.2, 0.25) is 0 Å². The zero-order chi connectivity index (χ0) is 11.1. The summed E-state index contributed by atoms with van der Waals surface area (Å²) in [6, 6.07) is 5.84. The summed E-state index contributed by atoms with van der Waals surface area (Å²) in [4.78, 5) is 0. The van der Waals surface area contributed by atoms with E-state index in [4.69, 9.17) is 0 Å². The molecular weight excluding hydrogens is 189 g/mol. The van der Waals surface area contributed by atoms with Crippen molar-refractivity contribution in [3.63, 3.8) is 0 Å². The number of anilines is 1. The lowest BCUT2D eigenvalue weighted by molar-refractivity contribution is 0.489. The number of benzene rings is 1. The molecule has 0 saturated heterocycles. The number of rotatable bonds is 3. The summed E-state index contributed by atoms with van der Waals surface area (Å²) in [5.74, 6) is -0.117. The Morgan fingerprint density at radius 2 is 2.07 bits per heavy atom. The molecule has 15 heavy (non-hydrogen) atoms. The summed E-state index contributed by atoms with van der Waals surface area (Å²) in [6.07, 6.45) is 2.49. The number of halogens is 1. The lowest BCUT2D eigenvalue weighted by atomic mass is 10.0. The van der Waals surface area contributed by atoms with Gasteiger partial charge in [-0.3, -0.25) is 0 Å². The molecule has 2 rings (SSSR count). The molecule has 1 saturated carbocycles. The molecule has 0 bridgehead atoms. The van der Waals surface area contributed by atoms with Gasteiger partial charge < -0.3 is 5.32 Å². The number of hydrogen-bond donors (Lipinski definition) is 1. The van der Waals surface area contributed by atoms with Crippen molar-refractivity contribution < 1.29 is 4.39 Å². The maximum Gasteiger partial charge on any atom is 0.149 e. The Hall–Kier alpha value is -1.05. The Kier molecular flexibility index (Phi) is 2.45. The van der Waals surface area contributed by atoms with Crippen LogP contribution in [0.2, 0.25) is 0 Å². The smallest absolute Gasteiger partial charge is 0.149 e. The standard InChI is InChI=1S/C13H18FN/c1-9-5-4-6-11(12(9)14)15-10(2)13(3)7-8-13/h4-6,10,15H,7-8H2,1-3H3. The topological polar surface area (TPSA) is 12.0 Å². The van der Waals surface area contributed by atoms with Crippen LogP contribution in [0.3, 0.4) is 0 Å². The van der Waals surface area contributed by atoms with Crippen LogP contribution in [0.1, 0.15) is 32.3 Å². The molecule has 1 aromatic rings. The molecule has 2 heteroatoms. The van der Waals surface area contributed by atoms with Crippen molar-refractivity contribution in [2.75, 3.05) is 5.32 Å². The Morgan fingerprint density at radius 3 is 2.67 bits per heavy atom. The number of aryl methyl sites for hydroxylation is 1. The lowest BCUT2D eigenvalue weighted by Crippen LogP contribution is -2.25. The summed E-state index contributed by atoms with van der Waals surface area (Å²) in [5.41, 5.74) is 1.71. The average molecular weight is 207 g/mol. The zero-order valence-corrected chi connectivity index (χ0v) is 9.60. The first-order chi connectivity index (χ1) is 7.03. The van der Waals surface area contributed by atoms with E-state index in [-0.39, 0.29) is 5.82 Å². The first kappa shape index (κ1) is 10.5. The van der Waals surface area contributed by atoms with Gasteiger partial charge in [0.15, 0.2) is 0 Å². The van der Waals surface area contributed by atoms with Crippen molar-refractivity contribution >= 4 is 5.69 Å². The predicted molar refractivity (Wildman–Crippen MR) is 61.6 cm³/mol. The van der Waals surface area contributed by atoms with Crippen molar-refractivity contribution in [1.82, 2.24) is 0 Å². The highest BCUT2D eigenvalue weighted by molar-refractivity contribution is 5.48. The van der Waals surface area contributed by atoms with Gasteiger partial charge in [0, 0.05) is 6.04 Å². The van der Waals surface area contributed by atoms with Crippen molar-refractivity contribution in [2.24, 2.45) is 5.41 Å². The molecule has 1 N–H and O–H groups in total. The predicted octanol–water partition coefficient (Wildman–Crippen LogP) is 3.73. The second-order valence-corrected chi connectivity index (χ2v) is 4.96. The molecule has 0 amide bonds. The Balaban J connectivity index is 2.14. The second-order valence-electron chi connectivity index (χ2n) is 4.96. The molecule has 0 aliphatic heterocycles. The van der Waals surface area contributed by atoms with Crippen LogP contribution in [-0.2, 0) is 0 Å². The lowest BCUT2D eigenvalue weighted by Gasteiger charge is -2.22. The van der Waals surface area contributed by atoms with Crippen molar-refractivity contribution in [3.8, 4) is 0 Å². The fourth-order valence-electron chi connectivity index (χ4n) is 1.80. The van der Waals surface area contributed by atoms with E-state index in [1.807, 2.05) is 12.1 Å². The van der Waals surface area contributed by atoms with Crippen LogP contribution in [0.5, 0.6) is 0 Å². The normalized spacial score (nSPS) is 19.7. The van der Waals surface area contributed by atoms with E-state index in [1.165, 1.54) is 12.8 Å². The summed E-state index contributed by atoms with van der Waals surface area (Å²) >= 11 is 0. The van der Waals surface area contributed by atoms with Crippen molar-refractivity contribution in [3.05, 3.63) is 29.6 Å². The third kappa shape index (κ3) is 1.99. The minimum atomic E-state index is -0.117. The summed E-state index contributed by atoms with van der Waals surface area (Å²) in [7, 11) is 0. The van der Waals surface area contributed by atoms with Gasteiger partial charge in [0.05, 0.1) is 5.69 Å². The van der Waals surface area contributed by atoms with Crippen LogP contribution in [0.4, 0.5) is 10.1 Å². The van der Waals surface area contributed by atoms with Crippen LogP contribution in [-0.4, -0.2) is 6.04 Å². The molecule has 82 valence electrons. The number of hydrogen-bond acceptors (Lipinski definition) is 1. The van der Waals surface area contributed by atoms with E-state index in [0.717, 1.165) is 0 Å². The highest BCUT2D eigenvalue weighted by atomic mass is 19.1. The SMILES string of the molecule is Cc1cccc(NC(C)C2(C)CC2)c1F.